The third-order valence-electron chi connectivity index (χ3n) is 14.0. The lowest BCUT2D eigenvalue weighted by Gasteiger charge is -2.35. The van der Waals surface area contributed by atoms with Crippen molar-refractivity contribution in [1.29, 1.82) is 0 Å². The summed E-state index contributed by atoms with van der Waals surface area (Å²) in [6.45, 7) is 0. The molecule has 0 bridgehead atoms. The largest absolute Gasteiger partial charge is 0.310 e. The highest BCUT2D eigenvalue weighted by molar-refractivity contribution is 6.14. The minimum Gasteiger partial charge on any atom is -0.310 e. The van der Waals surface area contributed by atoms with E-state index >= 15 is 0 Å². The third-order valence-corrected chi connectivity index (χ3v) is 14.0. The standard InChI is InChI=1S/C62H42N2/c1-3-16-41(17-4-1)42-30-33-48(34-31-42)64(49-23-15-22-47(39-49)62(46-20-5-2-6-21-46)57-27-12-10-25-52(57)53-26-11-13-28-58(53)62)61-40-54-44(32-35-51-50-24-9-7-18-43(50)36-55(51)54)37-56(61)60-38-45-19-8-14-29-59(45)63-60/h1-35,37,39-40H,36,38H2. The first-order valence-electron chi connectivity index (χ1n) is 22.4. The van der Waals surface area contributed by atoms with Crippen molar-refractivity contribution >= 4 is 39.2 Å². The molecule has 10 aromatic carbocycles. The number of benzene rings is 10. The van der Waals surface area contributed by atoms with E-state index in [0.717, 1.165) is 46.9 Å². The zero-order valence-electron chi connectivity index (χ0n) is 35.2. The average Bonchev–Trinajstić information content (AvgIpc) is 4.06. The Kier molecular flexibility index (Phi) is 8.29. The monoisotopic (exact) mass is 814 g/mol. The molecule has 0 spiro atoms. The van der Waals surface area contributed by atoms with Crippen LogP contribution >= 0.6 is 0 Å². The molecule has 64 heavy (non-hydrogen) atoms. The summed E-state index contributed by atoms with van der Waals surface area (Å²) in [7, 11) is 0. The fourth-order valence-corrected chi connectivity index (χ4v) is 11.2. The van der Waals surface area contributed by atoms with E-state index < -0.39 is 5.41 Å². The van der Waals surface area contributed by atoms with E-state index in [2.05, 4.69) is 235 Å². The first-order valence-corrected chi connectivity index (χ1v) is 22.4. The van der Waals surface area contributed by atoms with Crippen LogP contribution in [0.2, 0.25) is 0 Å². The quantitative estimate of drug-likeness (QED) is 0.156. The number of fused-ring (bicyclic) bond motifs is 9. The van der Waals surface area contributed by atoms with Crippen molar-refractivity contribution in [2.24, 2.45) is 4.99 Å². The lowest BCUT2D eigenvalue weighted by atomic mass is 9.67. The van der Waals surface area contributed by atoms with Gasteiger partial charge in [0.05, 0.1) is 22.5 Å². The van der Waals surface area contributed by atoms with Crippen molar-refractivity contribution in [2.75, 3.05) is 4.90 Å². The molecule has 0 radical (unpaired) electrons. The number of hydrogen-bond donors (Lipinski definition) is 0. The van der Waals surface area contributed by atoms with Gasteiger partial charge in [0, 0.05) is 23.4 Å². The Labute approximate surface area is 374 Å². The van der Waals surface area contributed by atoms with Crippen LogP contribution in [-0.2, 0) is 18.3 Å². The molecular formula is C62H42N2. The normalized spacial score (nSPS) is 13.7. The highest BCUT2D eigenvalue weighted by Crippen LogP contribution is 2.57. The van der Waals surface area contributed by atoms with E-state index in [1.807, 2.05) is 0 Å². The first kappa shape index (κ1) is 36.6. The number of anilines is 3. The molecule has 2 heteroatoms. The summed E-state index contributed by atoms with van der Waals surface area (Å²) in [5, 5.41) is 2.52. The van der Waals surface area contributed by atoms with E-state index in [0.29, 0.717) is 0 Å². The molecule has 0 saturated carbocycles. The van der Waals surface area contributed by atoms with Crippen LogP contribution < -0.4 is 4.90 Å². The van der Waals surface area contributed by atoms with Gasteiger partial charge >= 0.3 is 0 Å². The number of para-hydroxylation sites is 1. The summed E-state index contributed by atoms with van der Waals surface area (Å²) >= 11 is 0. The Morgan fingerprint density at radius 3 is 1.77 bits per heavy atom. The highest BCUT2D eigenvalue weighted by Gasteiger charge is 2.46. The van der Waals surface area contributed by atoms with E-state index in [9.17, 15) is 0 Å². The van der Waals surface area contributed by atoms with Gasteiger partial charge in [0.1, 0.15) is 0 Å². The molecule has 3 aliphatic rings. The SMILES string of the molecule is c1ccc(-c2ccc(N(c3cccc(C4(c5ccccc5)c5ccccc5-c5ccccc54)c3)c3cc4c5c(ccc4cc3C3=Nc4ccccc4C3)-c3ccccc3C5)cc2)cc1. The summed E-state index contributed by atoms with van der Waals surface area (Å²) in [6, 6.07) is 85.4. The van der Waals surface area contributed by atoms with E-state index in [-0.39, 0.29) is 0 Å². The maximum absolute atomic E-state index is 5.39. The summed E-state index contributed by atoms with van der Waals surface area (Å²) in [6.07, 6.45) is 1.68. The summed E-state index contributed by atoms with van der Waals surface area (Å²) in [4.78, 5) is 7.89. The van der Waals surface area contributed by atoms with Crippen molar-refractivity contribution < 1.29 is 0 Å². The molecule has 1 aliphatic heterocycles. The Bertz CT molecular complexity index is 3450. The van der Waals surface area contributed by atoms with Crippen LogP contribution in [0.1, 0.15) is 44.5 Å². The van der Waals surface area contributed by atoms with Gasteiger partial charge in [-0.25, -0.2) is 0 Å². The second-order valence-electron chi connectivity index (χ2n) is 17.4. The van der Waals surface area contributed by atoms with Crippen LogP contribution in [0.25, 0.3) is 44.2 Å². The van der Waals surface area contributed by atoms with Gasteiger partial charge in [0.25, 0.3) is 0 Å². The van der Waals surface area contributed by atoms with Gasteiger partial charge in [-0.3, -0.25) is 4.99 Å². The van der Waals surface area contributed by atoms with Crippen LogP contribution in [-0.4, -0.2) is 5.71 Å². The molecule has 0 aromatic heterocycles. The van der Waals surface area contributed by atoms with Crippen LogP contribution in [0.15, 0.2) is 236 Å². The lowest BCUT2D eigenvalue weighted by molar-refractivity contribution is 0.768. The van der Waals surface area contributed by atoms with E-state index in [1.54, 1.807) is 0 Å². The van der Waals surface area contributed by atoms with Gasteiger partial charge in [-0.15, -0.1) is 0 Å². The fourth-order valence-electron chi connectivity index (χ4n) is 11.2. The Morgan fingerprint density at radius 2 is 1.02 bits per heavy atom. The molecule has 300 valence electrons. The highest BCUT2D eigenvalue weighted by atomic mass is 15.1. The lowest BCUT2D eigenvalue weighted by Crippen LogP contribution is -2.29. The molecular weight excluding hydrogens is 773 g/mol. The number of nitrogens with zero attached hydrogens (tertiary/aromatic N) is 2. The average molecular weight is 815 g/mol. The second kappa shape index (κ2) is 14.5. The maximum Gasteiger partial charge on any atom is 0.0714 e. The molecule has 13 rings (SSSR count). The van der Waals surface area contributed by atoms with Crippen LogP contribution in [0.5, 0.6) is 0 Å². The number of hydrogen-bond acceptors (Lipinski definition) is 2. The molecule has 2 aliphatic carbocycles. The predicted octanol–water partition coefficient (Wildman–Crippen LogP) is 15.6. The van der Waals surface area contributed by atoms with Crippen molar-refractivity contribution in [2.45, 2.75) is 18.3 Å². The Hall–Kier alpha value is -8.07. The maximum atomic E-state index is 5.39. The molecule has 2 nitrogen and oxygen atoms in total. The predicted molar refractivity (Wildman–Crippen MR) is 266 cm³/mol. The summed E-state index contributed by atoms with van der Waals surface area (Å²) in [5.41, 5.74) is 22.8. The Balaban J connectivity index is 1.09. The van der Waals surface area contributed by atoms with Crippen LogP contribution in [0.3, 0.4) is 0 Å². The molecule has 0 atom stereocenters. The van der Waals surface area contributed by atoms with E-state index in [4.69, 9.17) is 4.99 Å². The topological polar surface area (TPSA) is 15.6 Å². The molecule has 0 saturated heterocycles. The van der Waals surface area contributed by atoms with Crippen molar-refractivity contribution in [3.8, 4) is 33.4 Å². The van der Waals surface area contributed by atoms with Gasteiger partial charge in [-0.1, -0.05) is 188 Å². The fraction of sp³-hybridized carbons (Fsp3) is 0.0484. The number of aliphatic imine (C=N–C) groups is 1. The van der Waals surface area contributed by atoms with Crippen molar-refractivity contribution in [3.63, 3.8) is 0 Å². The molecule has 0 N–H and O–H groups in total. The molecule has 0 amide bonds. The Morgan fingerprint density at radius 1 is 0.391 bits per heavy atom. The summed E-state index contributed by atoms with van der Waals surface area (Å²) in [5.74, 6) is 0. The third kappa shape index (κ3) is 5.55. The molecule has 1 heterocycles. The van der Waals surface area contributed by atoms with E-state index in [1.165, 1.54) is 83.1 Å². The first-order chi connectivity index (χ1) is 31.7. The molecule has 0 fully saturated rings. The minimum atomic E-state index is -0.538. The van der Waals surface area contributed by atoms with Gasteiger partial charge < -0.3 is 4.90 Å². The van der Waals surface area contributed by atoms with Gasteiger partial charge in [0.2, 0.25) is 0 Å². The zero-order valence-corrected chi connectivity index (χ0v) is 35.2. The smallest absolute Gasteiger partial charge is 0.0714 e. The number of rotatable bonds is 7. The van der Waals surface area contributed by atoms with Crippen LogP contribution in [0.4, 0.5) is 22.7 Å². The molecule has 0 unspecified atom stereocenters. The second-order valence-corrected chi connectivity index (χ2v) is 17.4. The van der Waals surface area contributed by atoms with Gasteiger partial charge in [-0.05, 0) is 132 Å². The minimum absolute atomic E-state index is 0.538. The van der Waals surface area contributed by atoms with Crippen LogP contribution in [0, 0.1) is 0 Å². The van der Waals surface area contributed by atoms with Crippen molar-refractivity contribution in [3.05, 3.63) is 275 Å². The van der Waals surface area contributed by atoms with Gasteiger partial charge in [0.15, 0.2) is 0 Å². The molecule has 10 aromatic rings. The van der Waals surface area contributed by atoms with Crippen molar-refractivity contribution in [1.82, 2.24) is 0 Å². The summed E-state index contributed by atoms with van der Waals surface area (Å²) < 4.78 is 0. The van der Waals surface area contributed by atoms with Gasteiger partial charge in [-0.2, -0.15) is 0 Å². The zero-order chi connectivity index (χ0) is 42.2.